The monoisotopic (exact) mass is 674 g/mol. The minimum absolute atomic E-state index is 0.252. The molecule has 142 valence electrons. The van der Waals surface area contributed by atoms with Crippen LogP contribution in [-0.4, -0.2) is 17.3 Å². The van der Waals surface area contributed by atoms with Gasteiger partial charge in [0.2, 0.25) is 4.51 Å². The fourth-order valence-electron chi connectivity index (χ4n) is 2.26. The molecule has 1 atom stereocenters. The summed E-state index contributed by atoms with van der Waals surface area (Å²) in [5.74, 6) is 0.696. The molecule has 0 saturated carbocycles. The summed E-state index contributed by atoms with van der Waals surface area (Å²) in [5.41, 5.74) is 1.79. The van der Waals surface area contributed by atoms with Crippen molar-refractivity contribution >= 4 is 79.6 Å². The number of rotatable bonds is 6. The van der Waals surface area contributed by atoms with Gasteiger partial charge in [0.05, 0.1) is 5.60 Å². The molecule has 0 heterocycles. The number of halogens is 5. The first kappa shape index (κ1) is 22.9. The average molecular weight is 679 g/mol. The van der Waals surface area contributed by atoms with E-state index in [1.165, 1.54) is 0 Å². The van der Waals surface area contributed by atoms with Crippen molar-refractivity contribution in [3.63, 3.8) is 0 Å². The van der Waals surface area contributed by atoms with Crippen LogP contribution in [0.15, 0.2) is 54.6 Å². The van der Waals surface area contributed by atoms with E-state index in [1.807, 2.05) is 57.2 Å². The molecule has 2 rings (SSSR count). The van der Waals surface area contributed by atoms with Crippen molar-refractivity contribution in [3.05, 3.63) is 54.6 Å². The highest BCUT2D eigenvalue weighted by Gasteiger charge is 2.56. The van der Waals surface area contributed by atoms with Crippen molar-refractivity contribution in [3.8, 4) is 16.9 Å². The van der Waals surface area contributed by atoms with Gasteiger partial charge in [0.15, 0.2) is 0 Å². The Morgan fingerprint density at radius 3 is 1.92 bits per heavy atom. The maximum Gasteiger partial charge on any atom is 0.258 e. The molecule has 0 amide bonds. The predicted molar refractivity (Wildman–Crippen MR) is 127 cm³/mol. The molecule has 2 nitrogen and oxygen atoms in total. The highest BCUT2D eigenvalue weighted by Crippen LogP contribution is 2.53. The fourth-order valence-corrected chi connectivity index (χ4v) is 5.88. The van der Waals surface area contributed by atoms with Crippen LogP contribution in [0.2, 0.25) is 0 Å². The van der Waals surface area contributed by atoms with Crippen LogP contribution in [-0.2, 0) is 4.74 Å². The van der Waals surface area contributed by atoms with Crippen LogP contribution in [0, 0.1) is 0 Å². The summed E-state index contributed by atoms with van der Waals surface area (Å²) < 4.78 is 10.2. The Hall–Kier alpha value is 0.600. The van der Waals surface area contributed by atoms with E-state index in [4.69, 9.17) is 9.47 Å². The highest BCUT2D eigenvalue weighted by molar-refractivity contribution is 9.27. The molecular weight excluding hydrogens is 660 g/mol. The molecule has 0 aromatic heterocycles. The van der Waals surface area contributed by atoms with Crippen LogP contribution in [0.1, 0.15) is 20.8 Å². The Bertz CT molecular complexity index is 728. The van der Waals surface area contributed by atoms with Crippen molar-refractivity contribution in [1.29, 1.82) is 0 Å². The lowest BCUT2D eigenvalue weighted by Gasteiger charge is -2.43. The molecule has 0 aliphatic heterocycles. The van der Waals surface area contributed by atoms with Crippen LogP contribution in [0.3, 0.4) is 0 Å². The zero-order chi connectivity index (χ0) is 19.6. The molecule has 2 aromatic carbocycles. The van der Waals surface area contributed by atoms with E-state index >= 15 is 0 Å². The molecule has 0 spiro atoms. The third-order valence-electron chi connectivity index (χ3n) is 3.32. The molecule has 0 radical (unpaired) electrons. The van der Waals surface area contributed by atoms with E-state index in [0.29, 0.717) is 5.75 Å². The third kappa shape index (κ3) is 5.80. The summed E-state index contributed by atoms with van der Waals surface area (Å²) in [5, 5.41) is 0. The van der Waals surface area contributed by atoms with Crippen molar-refractivity contribution in [2.45, 2.75) is 38.0 Å². The molecule has 1 unspecified atom stereocenters. The van der Waals surface area contributed by atoms with Gasteiger partial charge in [-0.3, -0.25) is 0 Å². The Morgan fingerprint density at radius 1 is 0.808 bits per heavy atom. The Labute approximate surface area is 197 Å². The Kier molecular flexibility index (Phi) is 7.88. The van der Waals surface area contributed by atoms with Gasteiger partial charge in [0, 0.05) is 0 Å². The van der Waals surface area contributed by atoms with Gasteiger partial charge >= 0.3 is 0 Å². The van der Waals surface area contributed by atoms with E-state index < -0.39 is 13.5 Å². The SMILES string of the molecule is CC(C)(C)OC(Br)(C(Br)Br)C(Br)(Br)Oc1cccc(-c2ccccc2)c1. The molecule has 0 N–H and O–H groups in total. The standard InChI is InChI=1S/C19H19Br5O2/c1-17(2,3)26-18(22,16(20)21)19(23,24)25-15-11-7-10-14(12-15)13-8-5-4-6-9-13/h4-12,16H,1-3H3. The van der Waals surface area contributed by atoms with Crippen molar-refractivity contribution < 1.29 is 9.47 Å². The van der Waals surface area contributed by atoms with Gasteiger partial charge in [-0.2, -0.15) is 0 Å². The van der Waals surface area contributed by atoms with Crippen molar-refractivity contribution in [2.75, 3.05) is 0 Å². The number of hydrogen-bond acceptors (Lipinski definition) is 2. The molecule has 0 bridgehead atoms. The molecule has 26 heavy (non-hydrogen) atoms. The first-order valence-electron chi connectivity index (χ1n) is 7.84. The predicted octanol–water partition coefficient (Wildman–Crippen LogP) is 8.20. The number of alkyl halides is 5. The zero-order valence-corrected chi connectivity index (χ0v) is 22.4. The van der Waals surface area contributed by atoms with E-state index in [1.54, 1.807) is 0 Å². The Balaban J connectivity index is 2.33. The van der Waals surface area contributed by atoms with Crippen LogP contribution >= 0.6 is 79.6 Å². The van der Waals surface area contributed by atoms with Crippen LogP contribution in [0.5, 0.6) is 5.75 Å². The van der Waals surface area contributed by atoms with Gasteiger partial charge in [-0.15, -0.1) is 0 Å². The fraction of sp³-hybridized carbons (Fsp3) is 0.368. The summed E-state index contributed by atoms with van der Waals surface area (Å²) in [4.78, 5) is 0. The van der Waals surface area contributed by atoms with Gasteiger partial charge in [-0.05, 0) is 91.8 Å². The largest absolute Gasteiger partial charge is 0.462 e. The zero-order valence-electron chi connectivity index (χ0n) is 14.5. The second-order valence-corrected chi connectivity index (χ2v) is 14.2. The normalized spacial score (nSPS) is 15.0. The lowest BCUT2D eigenvalue weighted by molar-refractivity contribution is -0.0959. The molecule has 7 heteroatoms. The van der Waals surface area contributed by atoms with Gasteiger partial charge in [-0.25, -0.2) is 0 Å². The van der Waals surface area contributed by atoms with Crippen molar-refractivity contribution in [2.24, 2.45) is 0 Å². The van der Waals surface area contributed by atoms with Gasteiger partial charge < -0.3 is 9.47 Å². The summed E-state index contributed by atoms with van der Waals surface area (Å²) in [6.07, 6.45) is 0. The summed E-state index contributed by atoms with van der Waals surface area (Å²) in [6.45, 7) is 5.95. The summed E-state index contributed by atoms with van der Waals surface area (Å²) in [7, 11) is 0. The lowest BCUT2D eigenvalue weighted by Crippen LogP contribution is -2.54. The van der Waals surface area contributed by atoms with Gasteiger partial charge in [-0.1, -0.05) is 74.3 Å². The van der Waals surface area contributed by atoms with Gasteiger partial charge in [0.1, 0.15) is 9.49 Å². The number of benzene rings is 2. The molecule has 2 aromatic rings. The summed E-state index contributed by atoms with van der Waals surface area (Å²) >= 11 is 18.1. The first-order chi connectivity index (χ1) is 11.9. The second kappa shape index (κ2) is 8.95. The molecule has 0 saturated heterocycles. The second-order valence-electron chi connectivity index (χ2n) is 6.67. The van der Waals surface area contributed by atoms with E-state index in [-0.39, 0.29) is 3.74 Å². The van der Waals surface area contributed by atoms with Gasteiger partial charge in [0.25, 0.3) is 3.42 Å². The lowest BCUT2D eigenvalue weighted by atomic mass is 10.1. The number of hydrogen-bond donors (Lipinski definition) is 0. The quantitative estimate of drug-likeness (QED) is 0.287. The maximum absolute atomic E-state index is 6.24. The van der Waals surface area contributed by atoms with E-state index in [2.05, 4.69) is 97.8 Å². The topological polar surface area (TPSA) is 18.5 Å². The van der Waals surface area contributed by atoms with E-state index in [0.717, 1.165) is 11.1 Å². The van der Waals surface area contributed by atoms with Crippen LogP contribution in [0.25, 0.3) is 11.1 Å². The minimum Gasteiger partial charge on any atom is -0.462 e. The summed E-state index contributed by atoms with van der Waals surface area (Å²) in [6, 6.07) is 18.1. The molecule has 0 aliphatic rings. The third-order valence-corrected chi connectivity index (χ3v) is 9.58. The molecular formula is C19H19Br5O2. The smallest absolute Gasteiger partial charge is 0.258 e. The average Bonchev–Trinajstić information content (AvgIpc) is 2.53. The minimum atomic E-state index is -1.05. The maximum atomic E-state index is 6.24. The van der Waals surface area contributed by atoms with Crippen LogP contribution in [0.4, 0.5) is 0 Å². The molecule has 0 fully saturated rings. The molecule has 0 aliphatic carbocycles. The first-order valence-corrected chi connectivity index (χ1v) is 12.1. The van der Waals surface area contributed by atoms with Crippen molar-refractivity contribution in [1.82, 2.24) is 0 Å². The Morgan fingerprint density at radius 2 is 1.38 bits per heavy atom. The van der Waals surface area contributed by atoms with E-state index in [9.17, 15) is 0 Å². The highest BCUT2D eigenvalue weighted by atomic mass is 79.9. The van der Waals surface area contributed by atoms with Crippen LogP contribution < -0.4 is 4.74 Å². The number of ether oxygens (including phenoxy) is 2.